The number of rotatable bonds is 4. The Morgan fingerprint density at radius 3 is 2.31 bits per heavy atom. The molecule has 1 aromatic heterocycles. The van der Waals surface area contributed by atoms with Gasteiger partial charge in [0.25, 0.3) is 0 Å². The quantitative estimate of drug-likeness (QED) is 0.476. The van der Waals surface area contributed by atoms with Crippen LogP contribution in [0.15, 0.2) is 78.9 Å². The largest absolute Gasteiger partial charge is 0.339 e. The minimum atomic E-state index is -0.0928. The van der Waals surface area contributed by atoms with Gasteiger partial charge in [-0.15, -0.1) is 0 Å². The molecule has 0 spiro atoms. The zero-order chi connectivity index (χ0) is 21.9. The third-order valence-corrected chi connectivity index (χ3v) is 6.02. The minimum Gasteiger partial charge on any atom is -0.339 e. The standard InChI is InChI=1S/C25H24ClN5O/c26-20-10-12-21(13-11-20)27-25(32)30-16-14-29(15-17-30)24-28-22-8-4-5-9-23(22)31(24)18-19-6-2-1-3-7-19/h1-13H,14-18H2,(H,27,32). The zero-order valence-corrected chi connectivity index (χ0v) is 18.4. The second kappa shape index (κ2) is 8.93. The van der Waals surface area contributed by atoms with Gasteiger partial charge in [0.15, 0.2) is 0 Å². The average Bonchev–Trinajstić information content (AvgIpc) is 3.20. The highest BCUT2D eigenvalue weighted by Gasteiger charge is 2.25. The Kier molecular flexibility index (Phi) is 5.69. The predicted octanol–water partition coefficient (Wildman–Crippen LogP) is 5.09. The number of nitrogens with zero attached hydrogens (tertiary/aromatic N) is 4. The summed E-state index contributed by atoms with van der Waals surface area (Å²) in [6.45, 7) is 3.48. The fourth-order valence-electron chi connectivity index (χ4n) is 4.07. The monoisotopic (exact) mass is 445 g/mol. The Labute approximate surface area is 192 Å². The lowest BCUT2D eigenvalue weighted by Gasteiger charge is -2.35. The van der Waals surface area contributed by atoms with Gasteiger partial charge in [0, 0.05) is 36.9 Å². The van der Waals surface area contributed by atoms with Crippen molar-refractivity contribution in [2.75, 3.05) is 36.4 Å². The summed E-state index contributed by atoms with van der Waals surface area (Å²) in [5.74, 6) is 0.952. The molecule has 6 nitrogen and oxygen atoms in total. The molecular weight excluding hydrogens is 422 g/mol. The van der Waals surface area contributed by atoms with Crippen LogP contribution in [0, 0.1) is 0 Å². The number of fused-ring (bicyclic) bond motifs is 1. The van der Waals surface area contributed by atoms with Gasteiger partial charge < -0.3 is 19.7 Å². The SMILES string of the molecule is O=C(Nc1ccc(Cl)cc1)N1CCN(c2nc3ccccc3n2Cc2ccccc2)CC1. The van der Waals surface area contributed by atoms with Crippen LogP contribution in [-0.2, 0) is 6.54 Å². The van der Waals surface area contributed by atoms with Crippen molar-refractivity contribution in [1.29, 1.82) is 0 Å². The smallest absolute Gasteiger partial charge is 0.321 e. The molecule has 0 unspecified atom stereocenters. The highest BCUT2D eigenvalue weighted by molar-refractivity contribution is 6.30. The molecule has 5 rings (SSSR count). The molecule has 1 aliphatic heterocycles. The summed E-state index contributed by atoms with van der Waals surface area (Å²) in [5.41, 5.74) is 4.08. The van der Waals surface area contributed by atoms with Crippen molar-refractivity contribution in [2.24, 2.45) is 0 Å². The van der Waals surface area contributed by atoms with Crippen molar-refractivity contribution >= 4 is 40.3 Å². The Morgan fingerprint density at radius 1 is 0.875 bits per heavy atom. The number of anilines is 2. The molecule has 1 saturated heterocycles. The number of benzene rings is 3. The number of para-hydroxylation sites is 2. The van der Waals surface area contributed by atoms with Crippen LogP contribution >= 0.6 is 11.6 Å². The minimum absolute atomic E-state index is 0.0928. The maximum absolute atomic E-state index is 12.7. The second-order valence-electron chi connectivity index (χ2n) is 7.88. The normalized spacial score (nSPS) is 14.0. The molecule has 0 saturated carbocycles. The first kappa shape index (κ1) is 20.4. The van der Waals surface area contributed by atoms with E-state index in [1.54, 1.807) is 12.1 Å². The number of amides is 2. The van der Waals surface area contributed by atoms with Crippen molar-refractivity contribution in [3.63, 3.8) is 0 Å². The van der Waals surface area contributed by atoms with Crippen molar-refractivity contribution in [1.82, 2.24) is 14.5 Å². The van der Waals surface area contributed by atoms with Gasteiger partial charge in [-0.25, -0.2) is 9.78 Å². The number of piperazine rings is 1. The van der Waals surface area contributed by atoms with E-state index >= 15 is 0 Å². The van der Waals surface area contributed by atoms with Crippen molar-refractivity contribution in [3.8, 4) is 0 Å². The first-order valence-electron chi connectivity index (χ1n) is 10.7. The van der Waals surface area contributed by atoms with Crippen LogP contribution in [0.2, 0.25) is 5.02 Å². The molecule has 3 aromatic carbocycles. The molecule has 0 radical (unpaired) electrons. The summed E-state index contributed by atoms with van der Waals surface area (Å²) in [4.78, 5) is 21.7. The number of imidazole rings is 1. The Morgan fingerprint density at radius 2 is 1.56 bits per heavy atom. The van der Waals surface area contributed by atoms with Crippen LogP contribution in [0.4, 0.5) is 16.4 Å². The third kappa shape index (κ3) is 4.27. The van der Waals surface area contributed by atoms with Crippen LogP contribution < -0.4 is 10.2 Å². The molecule has 4 aromatic rings. The molecule has 0 aliphatic carbocycles. The highest BCUT2D eigenvalue weighted by atomic mass is 35.5. The van der Waals surface area contributed by atoms with E-state index in [4.69, 9.17) is 16.6 Å². The number of carbonyl (C=O) groups is 1. The summed E-state index contributed by atoms with van der Waals surface area (Å²) in [6.07, 6.45) is 0. The molecular formula is C25H24ClN5O. The van der Waals surface area contributed by atoms with Crippen molar-refractivity contribution in [2.45, 2.75) is 6.54 Å². The molecule has 162 valence electrons. The Balaban J connectivity index is 1.32. The third-order valence-electron chi connectivity index (χ3n) is 5.76. The molecule has 32 heavy (non-hydrogen) atoms. The van der Waals surface area contributed by atoms with E-state index in [2.05, 4.69) is 51.2 Å². The van der Waals surface area contributed by atoms with E-state index in [9.17, 15) is 4.79 Å². The van der Waals surface area contributed by atoms with E-state index in [1.165, 1.54) is 5.56 Å². The maximum Gasteiger partial charge on any atom is 0.321 e. The van der Waals surface area contributed by atoms with Gasteiger partial charge in [-0.2, -0.15) is 0 Å². The summed E-state index contributed by atoms with van der Waals surface area (Å²) >= 11 is 5.93. The van der Waals surface area contributed by atoms with E-state index in [1.807, 2.05) is 35.2 Å². The first-order chi connectivity index (χ1) is 15.7. The first-order valence-corrected chi connectivity index (χ1v) is 11.1. The van der Waals surface area contributed by atoms with Gasteiger partial charge in [0.2, 0.25) is 5.95 Å². The number of hydrogen-bond acceptors (Lipinski definition) is 3. The van der Waals surface area contributed by atoms with Crippen molar-refractivity contribution in [3.05, 3.63) is 89.4 Å². The zero-order valence-electron chi connectivity index (χ0n) is 17.6. The number of urea groups is 1. The number of halogens is 1. The summed E-state index contributed by atoms with van der Waals surface area (Å²) < 4.78 is 2.27. The van der Waals surface area contributed by atoms with E-state index < -0.39 is 0 Å². The van der Waals surface area contributed by atoms with Crippen LogP contribution in [0.3, 0.4) is 0 Å². The fraction of sp³-hybridized carbons (Fsp3) is 0.200. The van der Waals surface area contributed by atoms with Gasteiger partial charge >= 0.3 is 6.03 Å². The molecule has 0 bridgehead atoms. The molecule has 0 atom stereocenters. The van der Waals surface area contributed by atoms with Crippen LogP contribution in [0.1, 0.15) is 5.56 Å². The number of carbonyl (C=O) groups excluding carboxylic acids is 1. The predicted molar refractivity (Wildman–Crippen MR) is 130 cm³/mol. The van der Waals surface area contributed by atoms with E-state index in [0.717, 1.165) is 42.3 Å². The van der Waals surface area contributed by atoms with Gasteiger partial charge in [0.1, 0.15) is 0 Å². The van der Waals surface area contributed by atoms with Gasteiger partial charge in [0.05, 0.1) is 17.6 Å². The molecule has 1 aliphatic rings. The lowest BCUT2D eigenvalue weighted by atomic mass is 10.2. The van der Waals surface area contributed by atoms with Crippen LogP contribution in [0.25, 0.3) is 11.0 Å². The number of nitrogens with one attached hydrogen (secondary N) is 1. The summed E-state index contributed by atoms with van der Waals surface area (Å²) in [5, 5.41) is 3.60. The molecule has 2 amide bonds. The molecule has 1 N–H and O–H groups in total. The Hall–Kier alpha value is -3.51. The molecule has 1 fully saturated rings. The van der Waals surface area contributed by atoms with Crippen molar-refractivity contribution < 1.29 is 4.79 Å². The van der Waals surface area contributed by atoms with Gasteiger partial charge in [-0.1, -0.05) is 54.1 Å². The van der Waals surface area contributed by atoms with E-state index in [0.29, 0.717) is 18.1 Å². The molecule has 7 heteroatoms. The molecule has 2 heterocycles. The van der Waals surface area contributed by atoms with E-state index in [-0.39, 0.29) is 6.03 Å². The lowest BCUT2D eigenvalue weighted by Crippen LogP contribution is -2.50. The Bertz CT molecular complexity index is 1210. The average molecular weight is 446 g/mol. The van der Waals surface area contributed by atoms with Crippen LogP contribution in [0.5, 0.6) is 0 Å². The summed E-state index contributed by atoms with van der Waals surface area (Å²) in [7, 11) is 0. The van der Waals surface area contributed by atoms with Crippen LogP contribution in [-0.4, -0.2) is 46.7 Å². The van der Waals surface area contributed by atoms with Gasteiger partial charge in [-0.3, -0.25) is 0 Å². The highest BCUT2D eigenvalue weighted by Crippen LogP contribution is 2.25. The maximum atomic E-state index is 12.7. The topological polar surface area (TPSA) is 53.4 Å². The van der Waals surface area contributed by atoms with Gasteiger partial charge in [-0.05, 0) is 42.0 Å². The number of aromatic nitrogens is 2. The number of hydrogen-bond donors (Lipinski definition) is 1. The lowest BCUT2D eigenvalue weighted by molar-refractivity contribution is 0.208. The summed E-state index contributed by atoms with van der Waals surface area (Å²) in [6, 6.07) is 25.7. The second-order valence-corrected chi connectivity index (χ2v) is 8.32. The fourth-order valence-corrected chi connectivity index (χ4v) is 4.20.